The largest absolute Gasteiger partial charge is 0.458 e. The second-order valence-electron chi connectivity index (χ2n) is 17.4. The molecule has 0 unspecified atom stereocenters. The van der Waals surface area contributed by atoms with Crippen LogP contribution in [0.1, 0.15) is 55.4 Å². The van der Waals surface area contributed by atoms with E-state index in [1.54, 1.807) is 0 Å². The van der Waals surface area contributed by atoms with Gasteiger partial charge in [-0.05, 0) is 123 Å². The lowest BCUT2D eigenvalue weighted by Gasteiger charge is -2.37. The number of benzene rings is 8. The molecule has 0 aromatic heterocycles. The summed E-state index contributed by atoms with van der Waals surface area (Å²) in [6.07, 6.45) is 0. The van der Waals surface area contributed by atoms with Crippen molar-refractivity contribution in [1.29, 1.82) is 0 Å². The number of ether oxygens (including phenoxy) is 2. The molecule has 0 fully saturated rings. The molecule has 52 heavy (non-hydrogen) atoms. The van der Waals surface area contributed by atoms with Crippen LogP contribution in [0.25, 0.3) is 54.6 Å². The van der Waals surface area contributed by atoms with Crippen LogP contribution >= 0.6 is 0 Å². The molecule has 0 atom stereocenters. The number of para-hydroxylation sites is 2. The van der Waals surface area contributed by atoms with Gasteiger partial charge in [0.2, 0.25) is 0 Å². The van der Waals surface area contributed by atoms with Gasteiger partial charge < -0.3 is 9.47 Å². The molecule has 0 bridgehead atoms. The second-order valence-corrected chi connectivity index (χ2v) is 17.4. The fourth-order valence-electron chi connectivity index (χ4n) is 9.96. The molecule has 0 spiro atoms. The second kappa shape index (κ2) is 9.30. The minimum Gasteiger partial charge on any atom is -0.458 e. The predicted molar refractivity (Wildman–Crippen MR) is 221 cm³/mol. The first-order valence-corrected chi connectivity index (χ1v) is 18.6. The summed E-state index contributed by atoms with van der Waals surface area (Å²) < 4.78 is 33.1. The first-order chi connectivity index (χ1) is 25.9. The van der Waals surface area contributed by atoms with Gasteiger partial charge in [-0.15, -0.1) is 0 Å². The topological polar surface area (TPSA) is 18.5 Å². The third-order valence-corrected chi connectivity index (χ3v) is 12.4. The summed E-state index contributed by atoms with van der Waals surface area (Å²) in [5.41, 5.74) is 13.7. The average molecular weight is 668 g/mol. The smallest absolute Gasteiger partial charge is 0.252 e. The van der Waals surface area contributed by atoms with Crippen LogP contribution in [-0.4, -0.2) is 13.4 Å². The van der Waals surface area contributed by atoms with Crippen molar-refractivity contribution in [2.75, 3.05) is 0 Å². The first kappa shape index (κ1) is 27.2. The van der Waals surface area contributed by atoms with E-state index >= 15 is 0 Å². The summed E-state index contributed by atoms with van der Waals surface area (Å²) in [7, 11) is 0. The third kappa shape index (κ3) is 3.53. The molecule has 0 amide bonds. The van der Waals surface area contributed by atoms with Gasteiger partial charge in [-0.2, -0.15) is 0 Å². The van der Waals surface area contributed by atoms with Crippen molar-refractivity contribution in [3.8, 4) is 45.3 Å². The van der Waals surface area contributed by atoms with Crippen molar-refractivity contribution < 1.29 is 12.2 Å². The van der Waals surface area contributed by atoms with E-state index in [2.05, 4.69) is 139 Å². The Kier molecular flexibility index (Phi) is 4.87. The summed E-state index contributed by atoms with van der Waals surface area (Å²) in [6, 6.07) is 35.9. The molecule has 2 nitrogen and oxygen atoms in total. The Labute approximate surface area is 307 Å². The van der Waals surface area contributed by atoms with Crippen LogP contribution in [0.3, 0.4) is 0 Å². The van der Waals surface area contributed by atoms with Gasteiger partial charge in [0, 0.05) is 0 Å². The molecule has 0 aliphatic carbocycles. The number of hydrogen-bond donors (Lipinski definition) is 0. The molecule has 0 saturated carbocycles. The van der Waals surface area contributed by atoms with Crippen LogP contribution in [0.5, 0.6) is 23.0 Å². The SMILES string of the molecule is [2H]c1cc2c3c(cc4c([2H])cc5c6c(cc1c3c46)B1c3ccccc3Oc3cc(C(C)(C)C)cc-5c31)B1c3ccccc3Oc3cc(C(C)(C)C)cc-2c31. The highest BCUT2D eigenvalue weighted by Gasteiger charge is 2.44. The number of hydrogen-bond acceptors (Lipinski definition) is 2. The van der Waals surface area contributed by atoms with E-state index in [1.165, 1.54) is 32.8 Å². The molecule has 0 N–H and O–H groups in total. The molecule has 0 saturated heterocycles. The maximum Gasteiger partial charge on any atom is 0.252 e. The van der Waals surface area contributed by atoms with Gasteiger partial charge in [0.15, 0.2) is 0 Å². The Morgan fingerprint density at radius 1 is 0.442 bits per heavy atom. The van der Waals surface area contributed by atoms with Crippen LogP contribution in [-0.2, 0) is 10.8 Å². The minimum absolute atomic E-state index is 0.0592. The Balaban J connectivity index is 1.29. The standard InChI is InChI=1S/C48H36B2O2/c1-47(2,3)27-21-31-29-17-15-25-20-36-44-30(32-22-28(48(4,5)6)24-40-46(32)50(36)34-12-8-10-14-38(34)52-40)18-16-26-19-35(43(29)41(25)42(26)44)49-33-11-7-9-13-37(33)51-39(23-27)45(31)49/h7-24H,1-6H3/i15D,16D. The van der Waals surface area contributed by atoms with E-state index < -0.39 is 0 Å². The lowest BCUT2D eigenvalue weighted by molar-refractivity contribution is 0.483. The van der Waals surface area contributed by atoms with E-state index in [9.17, 15) is 2.74 Å². The van der Waals surface area contributed by atoms with Gasteiger partial charge in [-0.3, -0.25) is 0 Å². The van der Waals surface area contributed by atoms with Crippen LogP contribution in [0, 0.1) is 0 Å². The normalized spacial score (nSPS) is 15.1. The van der Waals surface area contributed by atoms with Gasteiger partial charge in [0.05, 0.1) is 2.74 Å². The Morgan fingerprint density at radius 3 is 1.29 bits per heavy atom. The number of fused-ring (bicyclic) bond motifs is 8. The van der Waals surface area contributed by atoms with Crippen molar-refractivity contribution in [3.63, 3.8) is 0 Å². The highest BCUT2D eigenvalue weighted by atomic mass is 16.5. The zero-order valence-corrected chi connectivity index (χ0v) is 30.2. The van der Waals surface area contributed by atoms with Gasteiger partial charge in [-0.25, -0.2) is 0 Å². The van der Waals surface area contributed by atoms with E-state index in [0.717, 1.165) is 88.6 Å². The molecule has 8 aromatic carbocycles. The first-order valence-electron chi connectivity index (χ1n) is 19.6. The molecule has 4 aliphatic heterocycles. The van der Waals surface area contributed by atoms with Crippen molar-refractivity contribution >= 4 is 78.5 Å². The molecule has 4 aliphatic rings. The van der Waals surface area contributed by atoms with Crippen molar-refractivity contribution in [2.45, 2.75) is 52.4 Å². The molecule has 0 radical (unpaired) electrons. The van der Waals surface area contributed by atoms with Crippen LogP contribution in [0.4, 0.5) is 0 Å². The Hall–Kier alpha value is -5.47. The average Bonchev–Trinajstić information content (AvgIpc) is 3.14. The predicted octanol–water partition coefficient (Wildman–Crippen LogP) is 8.38. The minimum atomic E-state index is -0.103. The molecular formula is C48H36B2O2. The van der Waals surface area contributed by atoms with Crippen molar-refractivity contribution in [3.05, 3.63) is 120 Å². The molecular weight excluding hydrogens is 630 g/mol. The summed E-state index contributed by atoms with van der Waals surface area (Å²) in [5.74, 6) is 3.54. The maximum absolute atomic E-state index is 9.80. The molecule has 8 aromatic rings. The molecule has 4 heteroatoms. The maximum atomic E-state index is 9.80. The van der Waals surface area contributed by atoms with Gasteiger partial charge >= 0.3 is 0 Å². The van der Waals surface area contributed by atoms with Crippen molar-refractivity contribution in [1.82, 2.24) is 0 Å². The third-order valence-electron chi connectivity index (χ3n) is 12.4. The Morgan fingerprint density at radius 2 is 0.865 bits per heavy atom. The number of rotatable bonds is 0. The zero-order valence-electron chi connectivity index (χ0n) is 32.2. The van der Waals surface area contributed by atoms with Crippen molar-refractivity contribution in [2.24, 2.45) is 0 Å². The lowest BCUT2D eigenvalue weighted by atomic mass is 9.32. The summed E-state index contributed by atoms with van der Waals surface area (Å²) in [6.45, 7) is 13.4. The van der Waals surface area contributed by atoms with E-state index in [4.69, 9.17) is 9.47 Å². The fourth-order valence-corrected chi connectivity index (χ4v) is 9.96. The molecule has 12 rings (SSSR count). The molecule has 246 valence electrons. The molecule has 4 heterocycles. The summed E-state index contributed by atoms with van der Waals surface area (Å²) >= 11 is 0. The quantitative estimate of drug-likeness (QED) is 0.120. The zero-order chi connectivity index (χ0) is 36.7. The van der Waals surface area contributed by atoms with E-state index in [1.807, 2.05) is 0 Å². The van der Waals surface area contributed by atoms with Gasteiger partial charge in [-0.1, -0.05) is 137 Å². The Bertz CT molecular complexity index is 2850. The van der Waals surface area contributed by atoms with Gasteiger partial charge in [0.1, 0.15) is 23.0 Å². The highest BCUT2D eigenvalue weighted by molar-refractivity contribution is 7.01. The van der Waals surface area contributed by atoms with Crippen LogP contribution < -0.4 is 42.3 Å². The fraction of sp³-hybridized carbons (Fsp3) is 0.167. The lowest BCUT2D eigenvalue weighted by Crippen LogP contribution is -2.58. The monoisotopic (exact) mass is 668 g/mol. The highest BCUT2D eigenvalue weighted by Crippen LogP contribution is 2.47. The van der Waals surface area contributed by atoms with Gasteiger partial charge in [0.25, 0.3) is 13.4 Å². The van der Waals surface area contributed by atoms with Crippen LogP contribution in [0.2, 0.25) is 0 Å². The van der Waals surface area contributed by atoms with E-state index in [0.29, 0.717) is 12.1 Å². The van der Waals surface area contributed by atoms with E-state index in [-0.39, 0.29) is 24.3 Å². The van der Waals surface area contributed by atoms with Crippen LogP contribution in [0.15, 0.2) is 109 Å². The summed E-state index contributed by atoms with van der Waals surface area (Å²) in [5, 5.41) is 6.49. The summed E-state index contributed by atoms with van der Waals surface area (Å²) in [4.78, 5) is 0.